The minimum absolute atomic E-state index is 0.214. The van der Waals surface area contributed by atoms with Crippen LogP contribution in [0.15, 0.2) is 77.9 Å². The Balaban J connectivity index is 1.63. The van der Waals surface area contributed by atoms with Crippen molar-refractivity contribution in [1.29, 1.82) is 0 Å². The van der Waals surface area contributed by atoms with Crippen molar-refractivity contribution in [3.8, 4) is 0 Å². The van der Waals surface area contributed by atoms with Crippen LogP contribution in [0.2, 0.25) is 5.02 Å². The van der Waals surface area contributed by atoms with Gasteiger partial charge in [-0.25, -0.2) is 4.39 Å². The summed E-state index contributed by atoms with van der Waals surface area (Å²) < 4.78 is 13.3. The maximum absolute atomic E-state index is 13.4. The molecular weight excluding hydrogens is 469 g/mol. The second-order valence-corrected chi connectivity index (χ2v) is 9.01. The standard InChI is InChI=1S/C27H25ClFN3O3/c1-27(35,16-33)24(14-20-5-2-3-12-30-20)32-26(34)21-6-4-7-22(28)25(21)23-13-18(15-31-23)17-8-10-19(29)11-9-17/h2-13,24,33,35H,14-16H2,1H3,(H,32,34)/t24-,27+/m1/s1. The molecule has 180 valence electrons. The summed E-state index contributed by atoms with van der Waals surface area (Å²) in [7, 11) is 0. The molecule has 1 aliphatic rings. The van der Waals surface area contributed by atoms with Crippen molar-refractivity contribution >= 4 is 28.8 Å². The fourth-order valence-electron chi connectivity index (χ4n) is 3.89. The Morgan fingerprint density at radius 3 is 2.63 bits per heavy atom. The first kappa shape index (κ1) is 24.7. The number of allylic oxidation sites excluding steroid dienone is 1. The smallest absolute Gasteiger partial charge is 0.252 e. The van der Waals surface area contributed by atoms with Crippen LogP contribution in [-0.2, 0) is 6.42 Å². The number of carbonyl (C=O) groups is 1. The first-order chi connectivity index (χ1) is 16.8. The average molecular weight is 494 g/mol. The first-order valence-electron chi connectivity index (χ1n) is 11.1. The molecule has 4 rings (SSSR count). The van der Waals surface area contributed by atoms with Gasteiger partial charge >= 0.3 is 0 Å². The van der Waals surface area contributed by atoms with Crippen molar-refractivity contribution in [2.24, 2.45) is 4.99 Å². The normalized spacial score (nSPS) is 15.7. The monoisotopic (exact) mass is 493 g/mol. The van der Waals surface area contributed by atoms with Crippen LogP contribution in [0.4, 0.5) is 4.39 Å². The Kier molecular flexibility index (Phi) is 7.40. The van der Waals surface area contributed by atoms with Crippen LogP contribution in [0.25, 0.3) is 5.57 Å². The van der Waals surface area contributed by atoms with Crippen molar-refractivity contribution < 1.29 is 19.4 Å². The van der Waals surface area contributed by atoms with Crippen LogP contribution < -0.4 is 5.32 Å². The summed E-state index contributed by atoms with van der Waals surface area (Å²) >= 11 is 6.51. The van der Waals surface area contributed by atoms with Gasteiger partial charge in [-0.1, -0.05) is 35.9 Å². The number of aliphatic hydroxyl groups is 2. The van der Waals surface area contributed by atoms with E-state index in [2.05, 4.69) is 15.3 Å². The Morgan fingerprint density at radius 2 is 1.94 bits per heavy atom. The van der Waals surface area contributed by atoms with Crippen LogP contribution in [0, 0.1) is 5.82 Å². The van der Waals surface area contributed by atoms with Crippen molar-refractivity contribution in [3.63, 3.8) is 0 Å². The van der Waals surface area contributed by atoms with Crippen molar-refractivity contribution in [2.75, 3.05) is 13.2 Å². The summed E-state index contributed by atoms with van der Waals surface area (Å²) in [5.41, 5.74) is 2.06. The third-order valence-corrected chi connectivity index (χ3v) is 6.29. The quantitative estimate of drug-likeness (QED) is 0.444. The van der Waals surface area contributed by atoms with Gasteiger partial charge in [-0.05, 0) is 60.5 Å². The molecule has 1 aliphatic heterocycles. The van der Waals surface area contributed by atoms with Gasteiger partial charge in [0.25, 0.3) is 5.91 Å². The number of pyridine rings is 1. The molecule has 2 atom stereocenters. The summed E-state index contributed by atoms with van der Waals surface area (Å²) in [4.78, 5) is 22.3. The van der Waals surface area contributed by atoms with Gasteiger partial charge in [-0.3, -0.25) is 14.8 Å². The van der Waals surface area contributed by atoms with E-state index in [1.54, 1.807) is 48.7 Å². The topological polar surface area (TPSA) is 94.8 Å². The molecule has 0 unspecified atom stereocenters. The number of hydrogen-bond donors (Lipinski definition) is 3. The number of aliphatic hydroxyl groups excluding tert-OH is 1. The SMILES string of the molecule is C[C@](O)(CO)[C@@H](Cc1ccccn1)NC(=O)c1cccc(Cl)c1C1=NCC(c2ccc(F)cc2)=C1. The van der Waals surface area contributed by atoms with Gasteiger partial charge in [0.05, 0.1) is 35.5 Å². The molecule has 6 nitrogen and oxygen atoms in total. The van der Waals surface area contributed by atoms with Gasteiger partial charge < -0.3 is 15.5 Å². The third-order valence-electron chi connectivity index (χ3n) is 5.98. The zero-order valence-corrected chi connectivity index (χ0v) is 19.8. The molecule has 0 fully saturated rings. The second kappa shape index (κ2) is 10.5. The minimum Gasteiger partial charge on any atom is -0.393 e. The highest BCUT2D eigenvalue weighted by Gasteiger charge is 2.34. The van der Waals surface area contributed by atoms with Crippen molar-refractivity contribution in [1.82, 2.24) is 10.3 Å². The van der Waals surface area contributed by atoms with Gasteiger partial charge in [-0.2, -0.15) is 0 Å². The van der Waals surface area contributed by atoms with Crippen molar-refractivity contribution in [3.05, 3.63) is 106 Å². The molecule has 1 amide bonds. The lowest BCUT2D eigenvalue weighted by Crippen LogP contribution is -2.54. The first-order valence-corrected chi connectivity index (χ1v) is 11.5. The Morgan fingerprint density at radius 1 is 1.17 bits per heavy atom. The van der Waals surface area contributed by atoms with E-state index in [4.69, 9.17) is 11.6 Å². The van der Waals surface area contributed by atoms with E-state index in [0.717, 1.165) is 11.1 Å². The zero-order chi connectivity index (χ0) is 25.0. The minimum atomic E-state index is -1.59. The predicted octanol–water partition coefficient (Wildman–Crippen LogP) is 3.84. The van der Waals surface area contributed by atoms with E-state index < -0.39 is 24.2 Å². The van der Waals surface area contributed by atoms with Crippen molar-refractivity contribution in [2.45, 2.75) is 25.0 Å². The van der Waals surface area contributed by atoms with E-state index in [1.807, 2.05) is 12.1 Å². The largest absolute Gasteiger partial charge is 0.393 e. The van der Waals surface area contributed by atoms with Crippen LogP contribution in [0.1, 0.15) is 34.1 Å². The molecule has 35 heavy (non-hydrogen) atoms. The molecule has 3 N–H and O–H groups in total. The molecule has 0 aliphatic carbocycles. The highest BCUT2D eigenvalue weighted by atomic mass is 35.5. The van der Waals surface area contributed by atoms with E-state index in [0.29, 0.717) is 28.5 Å². The Bertz CT molecular complexity index is 1270. The number of benzene rings is 2. The van der Waals surface area contributed by atoms with Gasteiger partial charge in [0.1, 0.15) is 11.4 Å². The Labute approximate surface area is 207 Å². The molecule has 0 radical (unpaired) electrons. The van der Waals surface area contributed by atoms with Crippen LogP contribution >= 0.6 is 11.6 Å². The molecule has 8 heteroatoms. The van der Waals surface area contributed by atoms with Gasteiger partial charge in [0, 0.05) is 23.9 Å². The van der Waals surface area contributed by atoms with Gasteiger partial charge in [0.2, 0.25) is 0 Å². The maximum atomic E-state index is 13.4. The number of nitrogens with zero attached hydrogens (tertiary/aromatic N) is 2. The predicted molar refractivity (Wildman–Crippen MR) is 134 cm³/mol. The lowest BCUT2D eigenvalue weighted by Gasteiger charge is -2.32. The van der Waals surface area contributed by atoms with Crippen LogP contribution in [0.3, 0.4) is 0 Å². The molecule has 2 heterocycles. The van der Waals surface area contributed by atoms with E-state index >= 15 is 0 Å². The second-order valence-electron chi connectivity index (χ2n) is 8.61. The fraction of sp³-hybridized carbons (Fsp3) is 0.222. The summed E-state index contributed by atoms with van der Waals surface area (Å²) in [5.74, 6) is -0.791. The Hall–Kier alpha value is -3.39. The molecule has 3 aromatic rings. The fourth-order valence-corrected chi connectivity index (χ4v) is 4.16. The number of halogens is 2. The van der Waals surface area contributed by atoms with E-state index in [9.17, 15) is 19.4 Å². The number of amides is 1. The number of nitrogens with one attached hydrogen (secondary N) is 1. The summed E-state index contributed by atoms with van der Waals surface area (Å²) in [6.45, 7) is 1.27. The molecule has 2 aromatic carbocycles. The summed E-state index contributed by atoms with van der Waals surface area (Å²) in [5, 5.41) is 23.7. The molecule has 1 aromatic heterocycles. The molecule has 0 spiro atoms. The van der Waals surface area contributed by atoms with E-state index in [-0.39, 0.29) is 17.8 Å². The van der Waals surface area contributed by atoms with Crippen LogP contribution in [-0.4, -0.2) is 51.6 Å². The summed E-state index contributed by atoms with van der Waals surface area (Å²) in [6.07, 6.45) is 3.67. The molecule has 0 bridgehead atoms. The number of hydrogen-bond acceptors (Lipinski definition) is 5. The van der Waals surface area contributed by atoms with Gasteiger partial charge in [-0.15, -0.1) is 0 Å². The molecule has 0 saturated carbocycles. The summed E-state index contributed by atoms with van der Waals surface area (Å²) in [6, 6.07) is 15.7. The highest BCUT2D eigenvalue weighted by Crippen LogP contribution is 2.28. The number of carbonyl (C=O) groups excluding carboxylic acids is 1. The van der Waals surface area contributed by atoms with Gasteiger partial charge in [0.15, 0.2) is 0 Å². The van der Waals surface area contributed by atoms with E-state index in [1.165, 1.54) is 19.1 Å². The molecular formula is C27H25ClFN3O3. The molecule has 0 saturated heterocycles. The zero-order valence-electron chi connectivity index (χ0n) is 19.1. The number of rotatable bonds is 8. The van der Waals surface area contributed by atoms with Crippen LogP contribution in [0.5, 0.6) is 0 Å². The highest BCUT2D eigenvalue weighted by molar-refractivity contribution is 6.37. The maximum Gasteiger partial charge on any atom is 0.252 e. The number of aliphatic imine (C=N–C) groups is 1. The lowest BCUT2D eigenvalue weighted by atomic mass is 9.92. The lowest BCUT2D eigenvalue weighted by molar-refractivity contribution is -0.0277. The average Bonchev–Trinajstić information content (AvgIpc) is 3.34. The third kappa shape index (κ3) is 5.65. The number of aromatic nitrogens is 1.